The molecule has 0 radical (unpaired) electrons. The van der Waals surface area contributed by atoms with Gasteiger partial charge in [0, 0.05) is 24.8 Å². The molecule has 0 amide bonds. The molecule has 11 heteroatoms. The van der Waals surface area contributed by atoms with Crippen LogP contribution in [0, 0.1) is 5.82 Å². The predicted molar refractivity (Wildman–Crippen MR) is 111 cm³/mol. The third kappa shape index (κ3) is 5.04. The summed E-state index contributed by atoms with van der Waals surface area (Å²) >= 11 is 0. The lowest BCUT2D eigenvalue weighted by atomic mass is 9.90. The van der Waals surface area contributed by atoms with E-state index in [0.29, 0.717) is 18.4 Å². The fraction of sp³-hybridized carbons (Fsp3) is 0.500. The number of nitrogens with zero attached hydrogens (tertiary/aromatic N) is 1. The van der Waals surface area contributed by atoms with Gasteiger partial charge in [-0.15, -0.1) is 0 Å². The van der Waals surface area contributed by atoms with Gasteiger partial charge >= 0.3 is 0 Å². The molecule has 8 nitrogen and oxygen atoms in total. The standard InChI is InChI=1S/C20H26FNO7S2/c1-19(2,12-28-5)17-9-13(29-22-17)10-18(23)20(3,4)31(26,27)16-8-7-14(11-15(16)21)30(6,24)25/h7-9,11H,10,12H2,1-6H3. The smallest absolute Gasteiger partial charge is 0.193 e. The lowest BCUT2D eigenvalue weighted by Gasteiger charge is -2.23. The summed E-state index contributed by atoms with van der Waals surface area (Å²) in [7, 11) is -6.66. The highest BCUT2D eigenvalue weighted by atomic mass is 32.2. The van der Waals surface area contributed by atoms with Crippen molar-refractivity contribution in [3.8, 4) is 0 Å². The minimum Gasteiger partial charge on any atom is -0.384 e. The molecule has 1 heterocycles. The number of methoxy groups -OCH3 is 1. The lowest BCUT2D eigenvalue weighted by Crippen LogP contribution is -2.42. The number of carbonyl (C=O) groups is 1. The first-order valence-electron chi connectivity index (χ1n) is 9.26. The Kier molecular flexibility index (Phi) is 6.85. The van der Waals surface area contributed by atoms with Crippen LogP contribution in [0.3, 0.4) is 0 Å². The SMILES string of the molecule is COCC(C)(C)c1cc(CC(=O)C(C)(C)S(=O)(=O)c2ccc(S(C)(=O)=O)cc2F)on1. The number of carbonyl (C=O) groups excluding carboxylic acids is 1. The zero-order valence-electron chi connectivity index (χ0n) is 18.2. The van der Waals surface area contributed by atoms with Gasteiger partial charge in [-0.1, -0.05) is 19.0 Å². The van der Waals surface area contributed by atoms with Crippen molar-refractivity contribution in [3.63, 3.8) is 0 Å². The monoisotopic (exact) mass is 475 g/mol. The molecule has 172 valence electrons. The van der Waals surface area contributed by atoms with Crippen LogP contribution in [0.4, 0.5) is 4.39 Å². The molecule has 0 saturated heterocycles. The van der Waals surface area contributed by atoms with Crippen LogP contribution in [-0.2, 0) is 41.0 Å². The van der Waals surface area contributed by atoms with E-state index in [0.717, 1.165) is 18.4 Å². The molecule has 1 aromatic heterocycles. The van der Waals surface area contributed by atoms with Crippen LogP contribution in [0.15, 0.2) is 38.6 Å². The van der Waals surface area contributed by atoms with Crippen molar-refractivity contribution >= 4 is 25.5 Å². The van der Waals surface area contributed by atoms with Crippen molar-refractivity contribution in [3.05, 3.63) is 41.5 Å². The molecule has 0 aliphatic rings. The van der Waals surface area contributed by atoms with Crippen LogP contribution in [0.1, 0.15) is 39.1 Å². The molecule has 0 N–H and O–H groups in total. The first-order valence-corrected chi connectivity index (χ1v) is 12.6. The van der Waals surface area contributed by atoms with Gasteiger partial charge in [-0.3, -0.25) is 4.79 Å². The van der Waals surface area contributed by atoms with E-state index in [-0.39, 0.29) is 17.1 Å². The van der Waals surface area contributed by atoms with Crippen LogP contribution in [0.25, 0.3) is 0 Å². The van der Waals surface area contributed by atoms with Crippen LogP contribution >= 0.6 is 0 Å². The fourth-order valence-corrected chi connectivity index (χ4v) is 4.99. The summed E-state index contributed by atoms with van der Waals surface area (Å²) in [5.41, 5.74) is 0.0613. The average Bonchev–Trinajstić information content (AvgIpc) is 3.09. The third-order valence-corrected chi connectivity index (χ3v) is 8.65. The van der Waals surface area contributed by atoms with E-state index in [4.69, 9.17) is 9.26 Å². The van der Waals surface area contributed by atoms with E-state index >= 15 is 0 Å². The van der Waals surface area contributed by atoms with Crippen molar-refractivity contribution in [2.45, 2.75) is 54.1 Å². The summed E-state index contributed by atoms with van der Waals surface area (Å²) in [6, 6.07) is 4.03. The number of aromatic nitrogens is 1. The van der Waals surface area contributed by atoms with Crippen LogP contribution in [-0.4, -0.2) is 52.5 Å². The van der Waals surface area contributed by atoms with E-state index in [1.807, 2.05) is 13.8 Å². The second-order valence-corrected chi connectivity index (χ2v) is 13.0. The molecule has 31 heavy (non-hydrogen) atoms. The summed E-state index contributed by atoms with van der Waals surface area (Å²) in [6.07, 6.45) is 0.508. The average molecular weight is 476 g/mol. The molecule has 0 saturated carbocycles. The molecular formula is C20H26FNO7S2. The maximum atomic E-state index is 14.5. The second-order valence-electron chi connectivity index (χ2n) is 8.47. The third-order valence-electron chi connectivity index (χ3n) is 5.06. The normalized spacial score (nSPS) is 13.4. The molecule has 0 fully saturated rings. The largest absolute Gasteiger partial charge is 0.384 e. The highest BCUT2D eigenvalue weighted by Crippen LogP contribution is 2.31. The van der Waals surface area contributed by atoms with Crippen LogP contribution in [0.5, 0.6) is 0 Å². The highest BCUT2D eigenvalue weighted by Gasteiger charge is 2.44. The van der Waals surface area contributed by atoms with Gasteiger partial charge in [0.05, 0.1) is 23.6 Å². The van der Waals surface area contributed by atoms with Crippen LogP contribution < -0.4 is 0 Å². The maximum Gasteiger partial charge on any atom is 0.193 e. The number of benzene rings is 1. The zero-order chi connectivity index (χ0) is 23.8. The molecule has 0 aliphatic heterocycles. The molecule has 0 bridgehead atoms. The molecule has 0 atom stereocenters. The number of sulfone groups is 2. The van der Waals surface area contributed by atoms with Crippen molar-refractivity contribution in [2.75, 3.05) is 20.0 Å². The minimum atomic E-state index is -4.48. The number of Topliss-reactive ketones (excluding diaryl/α,β-unsaturated/α-hetero) is 1. The van der Waals surface area contributed by atoms with Gasteiger partial charge in [-0.25, -0.2) is 21.2 Å². The molecular weight excluding hydrogens is 449 g/mol. The Balaban J connectivity index is 2.34. The number of hydrogen-bond acceptors (Lipinski definition) is 8. The van der Waals surface area contributed by atoms with Crippen molar-refractivity contribution < 1.29 is 35.3 Å². The van der Waals surface area contributed by atoms with Crippen LogP contribution in [0.2, 0.25) is 0 Å². The summed E-state index contributed by atoms with van der Waals surface area (Å²) in [6.45, 7) is 6.44. The molecule has 2 aromatic rings. The van der Waals surface area contributed by atoms with E-state index in [9.17, 15) is 26.0 Å². The Morgan fingerprint density at radius 3 is 2.26 bits per heavy atom. The zero-order valence-corrected chi connectivity index (χ0v) is 19.9. The first kappa shape index (κ1) is 25.2. The first-order chi connectivity index (χ1) is 14.0. The topological polar surface area (TPSA) is 121 Å². The molecule has 0 unspecified atom stereocenters. The summed E-state index contributed by atoms with van der Waals surface area (Å²) in [5, 5.41) is 3.94. The van der Waals surface area contributed by atoms with Gasteiger partial charge in [0.1, 0.15) is 21.2 Å². The highest BCUT2D eigenvalue weighted by molar-refractivity contribution is 7.93. The molecule has 2 rings (SSSR count). The Morgan fingerprint density at radius 2 is 1.74 bits per heavy atom. The van der Waals surface area contributed by atoms with Gasteiger partial charge in [0.25, 0.3) is 0 Å². The second kappa shape index (κ2) is 8.44. The number of halogens is 1. The van der Waals surface area contributed by atoms with Gasteiger partial charge in [-0.05, 0) is 32.0 Å². The molecule has 0 spiro atoms. The van der Waals surface area contributed by atoms with Crippen molar-refractivity contribution in [1.29, 1.82) is 0 Å². The summed E-state index contributed by atoms with van der Waals surface area (Å²) in [5.74, 6) is -1.81. The van der Waals surface area contributed by atoms with Gasteiger partial charge < -0.3 is 9.26 Å². The number of hydrogen-bond donors (Lipinski definition) is 0. The Morgan fingerprint density at radius 1 is 1.13 bits per heavy atom. The minimum absolute atomic E-state index is 0.167. The van der Waals surface area contributed by atoms with Gasteiger partial charge in [-0.2, -0.15) is 0 Å². The fourth-order valence-electron chi connectivity index (χ4n) is 2.88. The number of ether oxygens (including phenoxy) is 1. The lowest BCUT2D eigenvalue weighted by molar-refractivity contribution is -0.120. The van der Waals surface area contributed by atoms with Crippen molar-refractivity contribution in [2.24, 2.45) is 0 Å². The Hall–Kier alpha value is -2.11. The van der Waals surface area contributed by atoms with E-state index in [1.165, 1.54) is 13.8 Å². The van der Waals surface area contributed by atoms with Crippen molar-refractivity contribution in [1.82, 2.24) is 5.16 Å². The summed E-state index contributed by atoms with van der Waals surface area (Å²) in [4.78, 5) is 11.8. The number of rotatable bonds is 9. The summed E-state index contributed by atoms with van der Waals surface area (Å²) < 4.78 is 72.1. The van der Waals surface area contributed by atoms with Gasteiger partial charge in [0.15, 0.2) is 25.5 Å². The van der Waals surface area contributed by atoms with E-state index in [1.54, 1.807) is 13.2 Å². The quantitative estimate of drug-likeness (QED) is 0.542. The maximum absolute atomic E-state index is 14.5. The molecule has 0 aliphatic carbocycles. The van der Waals surface area contributed by atoms with E-state index in [2.05, 4.69) is 5.16 Å². The Labute approximate surface area is 181 Å². The Bertz CT molecular complexity index is 1200. The number of ketones is 1. The predicted octanol–water partition coefficient (Wildman–Crippen LogP) is 2.51. The molecule has 1 aromatic carbocycles. The van der Waals surface area contributed by atoms with Gasteiger partial charge in [0.2, 0.25) is 0 Å². The van der Waals surface area contributed by atoms with E-state index < -0.39 is 46.3 Å².